The molecule has 0 amide bonds. The Morgan fingerprint density at radius 3 is 2.65 bits per heavy atom. The Kier molecular flexibility index (Phi) is 5.13. The third-order valence-corrected chi connectivity index (χ3v) is 3.10. The number of likely N-dealkylation sites (N-methyl/N-ethyl adjacent to an activating group) is 1. The third kappa shape index (κ3) is 4.47. The van der Waals surface area contributed by atoms with E-state index in [1.54, 1.807) is 12.1 Å². The van der Waals surface area contributed by atoms with Crippen molar-refractivity contribution >= 4 is 34.0 Å². The van der Waals surface area contributed by atoms with E-state index in [0.29, 0.717) is 6.04 Å². The molecule has 0 heterocycles. The number of nitro benzene ring substituents is 1. The highest BCUT2D eigenvalue weighted by atomic mass is 127. The molecule has 6 heteroatoms. The van der Waals surface area contributed by atoms with Crippen LogP contribution < -0.4 is 5.32 Å². The predicted molar refractivity (Wildman–Crippen MR) is 77.5 cm³/mol. The minimum atomic E-state index is -0.380. The van der Waals surface area contributed by atoms with Crippen LogP contribution in [0.1, 0.15) is 6.92 Å². The molecule has 5 nitrogen and oxygen atoms in total. The van der Waals surface area contributed by atoms with Crippen LogP contribution in [-0.4, -0.2) is 36.5 Å². The molecule has 0 aliphatic carbocycles. The van der Waals surface area contributed by atoms with Crippen LogP contribution in [0.25, 0.3) is 0 Å². The number of nitro groups is 1. The van der Waals surface area contributed by atoms with Gasteiger partial charge in [-0.05, 0) is 49.7 Å². The van der Waals surface area contributed by atoms with E-state index >= 15 is 0 Å². The molecule has 0 aliphatic heterocycles. The van der Waals surface area contributed by atoms with E-state index in [0.717, 1.165) is 15.8 Å². The molecule has 0 fully saturated rings. The van der Waals surface area contributed by atoms with Crippen molar-refractivity contribution in [1.29, 1.82) is 0 Å². The van der Waals surface area contributed by atoms with Gasteiger partial charge in [0.1, 0.15) is 0 Å². The second-order valence-electron chi connectivity index (χ2n) is 4.23. The molecule has 0 radical (unpaired) electrons. The molecular formula is C11H16IN3O2. The fourth-order valence-corrected chi connectivity index (χ4v) is 2.25. The summed E-state index contributed by atoms with van der Waals surface area (Å²) >= 11 is 2.11. The maximum absolute atomic E-state index is 10.6. The zero-order chi connectivity index (χ0) is 13.0. The maximum Gasteiger partial charge on any atom is 0.270 e. The lowest BCUT2D eigenvalue weighted by Crippen LogP contribution is -2.29. The smallest absolute Gasteiger partial charge is 0.270 e. The first-order valence-electron chi connectivity index (χ1n) is 5.25. The Bertz CT molecular complexity index is 410. The molecule has 1 aromatic rings. The highest BCUT2D eigenvalue weighted by Gasteiger charge is 2.10. The number of nitrogens with zero attached hydrogens (tertiary/aromatic N) is 2. The van der Waals surface area contributed by atoms with Crippen molar-refractivity contribution < 1.29 is 4.92 Å². The molecule has 0 aliphatic rings. The Hall–Kier alpha value is -0.890. The van der Waals surface area contributed by atoms with Crippen LogP contribution in [0.4, 0.5) is 11.4 Å². The molecule has 0 saturated carbocycles. The number of halogens is 1. The van der Waals surface area contributed by atoms with E-state index in [2.05, 4.69) is 39.7 Å². The van der Waals surface area contributed by atoms with Crippen molar-refractivity contribution in [1.82, 2.24) is 4.90 Å². The summed E-state index contributed by atoms with van der Waals surface area (Å²) in [4.78, 5) is 12.3. The second-order valence-corrected chi connectivity index (χ2v) is 5.39. The molecule has 0 saturated heterocycles. The van der Waals surface area contributed by atoms with Crippen LogP contribution >= 0.6 is 22.6 Å². The fraction of sp³-hybridized carbons (Fsp3) is 0.455. The Labute approximate surface area is 114 Å². The van der Waals surface area contributed by atoms with Crippen LogP contribution in [-0.2, 0) is 0 Å². The van der Waals surface area contributed by atoms with Gasteiger partial charge < -0.3 is 10.2 Å². The normalized spacial score (nSPS) is 12.5. The van der Waals surface area contributed by atoms with Gasteiger partial charge in [0.15, 0.2) is 0 Å². The molecule has 17 heavy (non-hydrogen) atoms. The van der Waals surface area contributed by atoms with Crippen LogP contribution in [0.5, 0.6) is 0 Å². The first-order chi connectivity index (χ1) is 7.90. The molecule has 1 N–H and O–H groups in total. The van der Waals surface area contributed by atoms with Gasteiger partial charge >= 0.3 is 0 Å². The highest BCUT2D eigenvalue weighted by Crippen LogP contribution is 2.24. The van der Waals surface area contributed by atoms with Crippen LogP contribution in [0.3, 0.4) is 0 Å². The maximum atomic E-state index is 10.6. The second kappa shape index (κ2) is 6.15. The average molecular weight is 349 g/mol. The highest BCUT2D eigenvalue weighted by molar-refractivity contribution is 14.1. The van der Waals surface area contributed by atoms with E-state index in [9.17, 15) is 10.1 Å². The largest absolute Gasteiger partial charge is 0.380 e. The number of non-ortho nitro benzene ring substituents is 1. The zero-order valence-corrected chi connectivity index (χ0v) is 12.3. The van der Waals surface area contributed by atoms with Gasteiger partial charge in [-0.1, -0.05) is 0 Å². The van der Waals surface area contributed by atoms with Gasteiger partial charge in [0.05, 0.1) is 4.92 Å². The fourth-order valence-electron chi connectivity index (χ4n) is 1.59. The SMILES string of the molecule is CC(CN(C)C)Nc1ccc([N+](=O)[O-])cc1I. The Morgan fingerprint density at radius 2 is 2.18 bits per heavy atom. The molecule has 94 valence electrons. The number of anilines is 1. The van der Waals surface area contributed by atoms with Gasteiger partial charge in [-0.3, -0.25) is 10.1 Å². The summed E-state index contributed by atoms with van der Waals surface area (Å²) in [7, 11) is 4.03. The molecule has 0 aromatic heterocycles. The average Bonchev–Trinajstić information content (AvgIpc) is 2.19. The van der Waals surface area contributed by atoms with E-state index in [1.165, 1.54) is 6.07 Å². The van der Waals surface area contributed by atoms with Gasteiger partial charge in [-0.15, -0.1) is 0 Å². The minimum absolute atomic E-state index is 0.125. The van der Waals surface area contributed by atoms with E-state index < -0.39 is 0 Å². The van der Waals surface area contributed by atoms with Gasteiger partial charge in [0.25, 0.3) is 5.69 Å². The van der Waals surface area contributed by atoms with Crippen molar-refractivity contribution in [2.45, 2.75) is 13.0 Å². The van der Waals surface area contributed by atoms with Crippen LogP contribution in [0.15, 0.2) is 18.2 Å². The summed E-state index contributed by atoms with van der Waals surface area (Å²) in [6, 6.07) is 5.14. The van der Waals surface area contributed by atoms with E-state index in [1.807, 2.05) is 14.1 Å². The van der Waals surface area contributed by atoms with E-state index in [-0.39, 0.29) is 10.6 Å². The summed E-state index contributed by atoms with van der Waals surface area (Å²) in [5.74, 6) is 0. The summed E-state index contributed by atoms with van der Waals surface area (Å²) in [5, 5.41) is 13.9. The van der Waals surface area contributed by atoms with Gasteiger partial charge in [-0.25, -0.2) is 0 Å². The Morgan fingerprint density at radius 1 is 1.53 bits per heavy atom. The lowest BCUT2D eigenvalue weighted by Gasteiger charge is -2.20. The number of benzene rings is 1. The van der Waals surface area contributed by atoms with Crippen molar-refractivity contribution in [3.8, 4) is 0 Å². The molecular weight excluding hydrogens is 333 g/mol. The van der Waals surface area contributed by atoms with Gasteiger partial charge in [-0.2, -0.15) is 0 Å². The van der Waals surface area contributed by atoms with Crippen molar-refractivity contribution in [2.75, 3.05) is 26.0 Å². The summed E-state index contributed by atoms with van der Waals surface area (Å²) in [6.45, 7) is 2.99. The summed E-state index contributed by atoms with van der Waals surface area (Å²) in [5.41, 5.74) is 1.06. The molecule has 1 aromatic carbocycles. The van der Waals surface area contributed by atoms with Crippen molar-refractivity contribution in [2.24, 2.45) is 0 Å². The molecule has 1 unspecified atom stereocenters. The molecule has 0 bridgehead atoms. The van der Waals surface area contributed by atoms with Gasteiger partial charge in [0.2, 0.25) is 0 Å². The minimum Gasteiger partial charge on any atom is -0.380 e. The van der Waals surface area contributed by atoms with E-state index in [4.69, 9.17) is 0 Å². The lowest BCUT2D eigenvalue weighted by atomic mass is 10.2. The standard InChI is InChI=1S/C11H16IN3O2/c1-8(7-14(2)3)13-11-5-4-9(15(16)17)6-10(11)12/h4-6,8,13H,7H2,1-3H3. The van der Waals surface area contributed by atoms with Crippen molar-refractivity contribution in [3.05, 3.63) is 31.9 Å². The molecule has 0 spiro atoms. The first-order valence-corrected chi connectivity index (χ1v) is 6.33. The molecule has 1 rings (SSSR count). The topological polar surface area (TPSA) is 58.4 Å². The van der Waals surface area contributed by atoms with Crippen molar-refractivity contribution in [3.63, 3.8) is 0 Å². The Balaban J connectivity index is 2.75. The number of hydrogen-bond acceptors (Lipinski definition) is 4. The monoisotopic (exact) mass is 349 g/mol. The number of hydrogen-bond donors (Lipinski definition) is 1. The molecule has 1 atom stereocenters. The first kappa shape index (κ1) is 14.2. The number of rotatable bonds is 5. The lowest BCUT2D eigenvalue weighted by molar-refractivity contribution is -0.384. The number of nitrogens with one attached hydrogen (secondary N) is 1. The van der Waals surface area contributed by atoms with Crippen LogP contribution in [0, 0.1) is 13.7 Å². The van der Waals surface area contributed by atoms with Crippen LogP contribution in [0.2, 0.25) is 0 Å². The third-order valence-electron chi connectivity index (χ3n) is 2.20. The predicted octanol–water partition coefficient (Wildman–Crippen LogP) is 2.56. The summed E-state index contributed by atoms with van der Waals surface area (Å²) in [6.07, 6.45) is 0. The zero-order valence-electron chi connectivity index (χ0n) is 10.1. The quantitative estimate of drug-likeness (QED) is 0.504. The van der Waals surface area contributed by atoms with Gasteiger partial charge in [0, 0.05) is 34.0 Å². The summed E-state index contributed by atoms with van der Waals surface area (Å²) < 4.78 is 0.863.